The Labute approximate surface area is 149 Å². The molecule has 0 amide bonds. The van der Waals surface area contributed by atoms with Crippen molar-refractivity contribution in [2.45, 2.75) is 45.7 Å². The molecule has 1 aromatic heterocycles. The van der Waals surface area contributed by atoms with Crippen molar-refractivity contribution < 1.29 is 0 Å². The number of likely N-dealkylation sites (tertiary alicyclic amines) is 1. The zero-order chi connectivity index (χ0) is 17.2. The van der Waals surface area contributed by atoms with Gasteiger partial charge in [0, 0.05) is 31.7 Å². The normalized spacial score (nSPS) is 18.8. The number of nitrogens with one attached hydrogen (secondary N) is 1. The van der Waals surface area contributed by atoms with Gasteiger partial charge in [0.25, 0.3) is 5.56 Å². The first kappa shape index (κ1) is 16.8. The predicted molar refractivity (Wildman–Crippen MR) is 103 cm³/mol. The summed E-state index contributed by atoms with van der Waals surface area (Å²) in [5, 5.41) is 4.70. The Morgan fingerprint density at radius 3 is 2.88 bits per heavy atom. The molecule has 1 aromatic carbocycles. The summed E-state index contributed by atoms with van der Waals surface area (Å²) in [6.45, 7) is 8.34. The van der Waals surface area contributed by atoms with Crippen LogP contribution >= 0.6 is 0 Å². The van der Waals surface area contributed by atoms with Crippen molar-refractivity contribution >= 4 is 10.9 Å². The van der Waals surface area contributed by atoms with Gasteiger partial charge in [-0.25, -0.2) is 0 Å². The number of para-hydroxylation sites is 1. The first-order valence-corrected chi connectivity index (χ1v) is 9.80. The van der Waals surface area contributed by atoms with E-state index < -0.39 is 0 Å². The third-order valence-corrected chi connectivity index (χ3v) is 5.89. The molecule has 25 heavy (non-hydrogen) atoms. The van der Waals surface area contributed by atoms with Crippen LogP contribution in [0.4, 0.5) is 0 Å². The second-order valence-corrected chi connectivity index (χ2v) is 7.79. The Bertz CT molecular complexity index is 803. The van der Waals surface area contributed by atoms with Crippen molar-refractivity contribution in [3.8, 4) is 0 Å². The highest BCUT2D eigenvalue weighted by atomic mass is 16.1. The lowest BCUT2D eigenvalue weighted by Crippen LogP contribution is -2.38. The van der Waals surface area contributed by atoms with E-state index in [2.05, 4.69) is 41.4 Å². The molecule has 1 saturated heterocycles. The van der Waals surface area contributed by atoms with Crippen LogP contribution in [0.3, 0.4) is 0 Å². The Morgan fingerprint density at radius 2 is 2.04 bits per heavy atom. The summed E-state index contributed by atoms with van der Waals surface area (Å²) in [5.41, 5.74) is 3.57. The van der Waals surface area contributed by atoms with Crippen molar-refractivity contribution in [3.63, 3.8) is 0 Å². The molecule has 4 heteroatoms. The van der Waals surface area contributed by atoms with Crippen LogP contribution in [0.5, 0.6) is 0 Å². The van der Waals surface area contributed by atoms with Crippen LogP contribution in [0.25, 0.3) is 10.9 Å². The fraction of sp³-hybridized carbons (Fsp3) is 0.571. The van der Waals surface area contributed by atoms with Gasteiger partial charge in [-0.05, 0) is 61.7 Å². The van der Waals surface area contributed by atoms with Gasteiger partial charge in [-0.15, -0.1) is 0 Å². The van der Waals surface area contributed by atoms with E-state index in [0.29, 0.717) is 6.54 Å². The Kier molecular flexibility index (Phi) is 4.91. The maximum absolute atomic E-state index is 12.8. The molecule has 4 nitrogen and oxygen atoms in total. The summed E-state index contributed by atoms with van der Waals surface area (Å²) in [4.78, 5) is 15.4. The van der Waals surface area contributed by atoms with E-state index in [9.17, 15) is 4.79 Å². The summed E-state index contributed by atoms with van der Waals surface area (Å²) in [5.74, 6) is 0.878. The number of hydrogen-bond donors (Lipinski definition) is 1. The smallest absolute Gasteiger partial charge is 0.255 e. The fourth-order valence-electron chi connectivity index (χ4n) is 4.30. The van der Waals surface area contributed by atoms with E-state index in [4.69, 9.17) is 0 Å². The lowest BCUT2D eigenvalue weighted by Gasteiger charge is -2.30. The largest absolute Gasteiger partial charge is 0.311 e. The van der Waals surface area contributed by atoms with Crippen molar-refractivity contribution in [1.82, 2.24) is 14.8 Å². The molecule has 0 aliphatic carbocycles. The number of pyridine rings is 1. The number of benzene rings is 1. The first-order chi connectivity index (χ1) is 12.2. The van der Waals surface area contributed by atoms with E-state index >= 15 is 0 Å². The molecule has 2 aliphatic rings. The van der Waals surface area contributed by atoms with Gasteiger partial charge in [0.2, 0.25) is 0 Å². The number of hydrogen-bond acceptors (Lipinski definition) is 3. The molecule has 1 N–H and O–H groups in total. The summed E-state index contributed by atoms with van der Waals surface area (Å²) < 4.78 is 2.00. The topological polar surface area (TPSA) is 37.3 Å². The molecule has 134 valence electrons. The maximum Gasteiger partial charge on any atom is 0.255 e. The number of aryl methyl sites for hydroxylation is 2. The molecule has 0 radical (unpaired) electrons. The molecular formula is C21H29N3O. The standard InChI is InChI=1S/C21H29N3O/c1-16-7-11-23(12-8-16)13-9-22-15-19-14-18-5-2-4-17-6-3-10-24(20(17)18)21(19)25/h2,4-5,14,16,22H,3,6-13,15H2,1H3. The van der Waals surface area contributed by atoms with Gasteiger partial charge in [0.15, 0.2) is 0 Å². The average molecular weight is 339 g/mol. The Hall–Kier alpha value is -1.65. The lowest BCUT2D eigenvalue weighted by molar-refractivity contribution is 0.193. The molecule has 1 fully saturated rings. The van der Waals surface area contributed by atoms with Gasteiger partial charge in [0.1, 0.15) is 0 Å². The van der Waals surface area contributed by atoms with E-state index in [1.54, 1.807) is 0 Å². The highest BCUT2D eigenvalue weighted by Crippen LogP contribution is 2.24. The number of rotatable bonds is 5. The molecule has 0 atom stereocenters. The Morgan fingerprint density at radius 1 is 1.20 bits per heavy atom. The molecule has 0 spiro atoms. The highest BCUT2D eigenvalue weighted by Gasteiger charge is 2.17. The van der Waals surface area contributed by atoms with Crippen LogP contribution in [0.1, 0.15) is 37.3 Å². The number of nitrogens with zero attached hydrogens (tertiary/aromatic N) is 2. The van der Waals surface area contributed by atoms with E-state index in [1.165, 1.54) is 36.9 Å². The van der Waals surface area contributed by atoms with E-state index in [-0.39, 0.29) is 5.56 Å². The van der Waals surface area contributed by atoms with Crippen LogP contribution in [0.2, 0.25) is 0 Å². The number of piperidine rings is 1. The molecule has 2 aromatic rings. The monoisotopic (exact) mass is 339 g/mol. The minimum Gasteiger partial charge on any atom is -0.311 e. The third-order valence-electron chi connectivity index (χ3n) is 5.89. The predicted octanol–water partition coefficient (Wildman–Crippen LogP) is 2.77. The first-order valence-electron chi connectivity index (χ1n) is 9.80. The van der Waals surface area contributed by atoms with Crippen LogP contribution < -0.4 is 10.9 Å². The summed E-state index contributed by atoms with van der Waals surface area (Å²) in [6, 6.07) is 8.51. The molecule has 0 bridgehead atoms. The second kappa shape index (κ2) is 7.30. The highest BCUT2D eigenvalue weighted by molar-refractivity contribution is 5.83. The zero-order valence-corrected chi connectivity index (χ0v) is 15.3. The molecule has 3 heterocycles. The second-order valence-electron chi connectivity index (χ2n) is 7.79. The number of aromatic nitrogens is 1. The van der Waals surface area contributed by atoms with Gasteiger partial charge in [-0.3, -0.25) is 4.79 Å². The molecule has 0 saturated carbocycles. The van der Waals surface area contributed by atoms with E-state index in [0.717, 1.165) is 49.5 Å². The van der Waals surface area contributed by atoms with Crippen LogP contribution in [0.15, 0.2) is 29.1 Å². The Balaban J connectivity index is 1.42. The quantitative estimate of drug-likeness (QED) is 0.851. The van der Waals surface area contributed by atoms with E-state index in [1.807, 2.05) is 4.57 Å². The van der Waals surface area contributed by atoms with Gasteiger partial charge >= 0.3 is 0 Å². The van der Waals surface area contributed by atoms with Crippen LogP contribution in [-0.2, 0) is 19.5 Å². The molecular weight excluding hydrogens is 310 g/mol. The molecule has 2 aliphatic heterocycles. The van der Waals surface area contributed by atoms with Crippen LogP contribution in [-0.4, -0.2) is 35.6 Å². The minimum absolute atomic E-state index is 0.193. The van der Waals surface area contributed by atoms with Gasteiger partial charge in [-0.2, -0.15) is 0 Å². The van der Waals surface area contributed by atoms with Gasteiger partial charge < -0.3 is 14.8 Å². The van der Waals surface area contributed by atoms with Gasteiger partial charge in [-0.1, -0.05) is 25.1 Å². The summed E-state index contributed by atoms with van der Waals surface area (Å²) in [6.07, 6.45) is 4.79. The minimum atomic E-state index is 0.193. The van der Waals surface area contributed by atoms with Crippen molar-refractivity contribution in [2.24, 2.45) is 5.92 Å². The SMILES string of the molecule is CC1CCN(CCNCc2cc3cccc4c3n(c2=O)CCC4)CC1. The van der Waals surface area contributed by atoms with Crippen molar-refractivity contribution in [3.05, 3.63) is 45.7 Å². The third kappa shape index (κ3) is 3.51. The summed E-state index contributed by atoms with van der Waals surface area (Å²) in [7, 11) is 0. The maximum atomic E-state index is 12.8. The van der Waals surface area contributed by atoms with Crippen molar-refractivity contribution in [1.29, 1.82) is 0 Å². The van der Waals surface area contributed by atoms with Crippen LogP contribution in [0, 0.1) is 5.92 Å². The molecule has 4 rings (SSSR count). The van der Waals surface area contributed by atoms with Gasteiger partial charge in [0.05, 0.1) is 5.52 Å². The average Bonchev–Trinajstić information content (AvgIpc) is 2.64. The van der Waals surface area contributed by atoms with Crippen molar-refractivity contribution in [2.75, 3.05) is 26.2 Å². The lowest BCUT2D eigenvalue weighted by atomic mass is 9.99. The fourth-order valence-corrected chi connectivity index (χ4v) is 4.30. The zero-order valence-electron chi connectivity index (χ0n) is 15.3. The molecule has 0 unspecified atom stereocenters. The summed E-state index contributed by atoms with van der Waals surface area (Å²) >= 11 is 0.